The standard InChI is InChI=1S/C18H30N4O2/c1-13-6-7-14(2)22(13)15-8-10-21(11-9-15)12-16(23)19-17(24)20-18(3,4)5/h6-7,15H,8-12H2,1-5H3,(H2,19,20,23,24). The van der Waals surface area contributed by atoms with Crippen LogP contribution < -0.4 is 10.6 Å². The fraction of sp³-hybridized carbons (Fsp3) is 0.667. The van der Waals surface area contributed by atoms with Crippen LogP contribution in [0.15, 0.2) is 12.1 Å². The Hall–Kier alpha value is -1.82. The summed E-state index contributed by atoms with van der Waals surface area (Å²) in [4.78, 5) is 25.9. The van der Waals surface area contributed by atoms with E-state index in [1.807, 2.05) is 20.8 Å². The maximum Gasteiger partial charge on any atom is 0.321 e. The lowest BCUT2D eigenvalue weighted by molar-refractivity contribution is -0.121. The van der Waals surface area contributed by atoms with Crippen molar-refractivity contribution in [3.05, 3.63) is 23.5 Å². The molecular formula is C18H30N4O2. The third-order valence-electron chi connectivity index (χ3n) is 4.36. The van der Waals surface area contributed by atoms with Crippen LogP contribution in [0.2, 0.25) is 0 Å². The summed E-state index contributed by atoms with van der Waals surface area (Å²) in [5.41, 5.74) is 2.24. The zero-order valence-electron chi connectivity index (χ0n) is 15.5. The van der Waals surface area contributed by atoms with Crippen molar-refractivity contribution in [1.82, 2.24) is 20.1 Å². The molecule has 0 aliphatic carbocycles. The largest absolute Gasteiger partial charge is 0.346 e. The van der Waals surface area contributed by atoms with E-state index in [4.69, 9.17) is 0 Å². The zero-order valence-corrected chi connectivity index (χ0v) is 15.5. The third kappa shape index (κ3) is 5.09. The highest BCUT2D eigenvalue weighted by Gasteiger charge is 2.24. The molecule has 2 heterocycles. The number of urea groups is 1. The Labute approximate surface area is 144 Å². The van der Waals surface area contributed by atoms with Crippen molar-refractivity contribution in [1.29, 1.82) is 0 Å². The molecule has 134 valence electrons. The number of aromatic nitrogens is 1. The average molecular weight is 334 g/mol. The van der Waals surface area contributed by atoms with Crippen LogP contribution in [0.1, 0.15) is 51.0 Å². The first kappa shape index (κ1) is 18.5. The molecule has 6 heteroatoms. The summed E-state index contributed by atoms with van der Waals surface area (Å²) in [5, 5.41) is 5.14. The van der Waals surface area contributed by atoms with Crippen molar-refractivity contribution in [3.8, 4) is 0 Å². The van der Waals surface area contributed by atoms with Crippen LogP contribution in [0, 0.1) is 13.8 Å². The van der Waals surface area contributed by atoms with Gasteiger partial charge in [0.15, 0.2) is 0 Å². The van der Waals surface area contributed by atoms with Gasteiger partial charge in [-0.3, -0.25) is 15.0 Å². The SMILES string of the molecule is Cc1ccc(C)n1C1CCN(CC(=O)NC(=O)NC(C)(C)C)CC1. The Bertz CT molecular complexity index is 573. The molecule has 3 amide bonds. The van der Waals surface area contributed by atoms with E-state index in [9.17, 15) is 9.59 Å². The summed E-state index contributed by atoms with van der Waals surface area (Å²) >= 11 is 0. The van der Waals surface area contributed by atoms with Crippen LogP contribution in [0.4, 0.5) is 4.79 Å². The van der Waals surface area contributed by atoms with Crippen LogP contribution in [0.25, 0.3) is 0 Å². The Balaban J connectivity index is 1.79. The lowest BCUT2D eigenvalue weighted by atomic mass is 10.0. The molecule has 1 aliphatic rings. The van der Waals surface area contributed by atoms with Gasteiger partial charge in [0.25, 0.3) is 0 Å². The van der Waals surface area contributed by atoms with Gasteiger partial charge in [0, 0.05) is 36.1 Å². The number of amides is 3. The number of nitrogens with one attached hydrogen (secondary N) is 2. The van der Waals surface area contributed by atoms with E-state index in [-0.39, 0.29) is 18.0 Å². The smallest absolute Gasteiger partial charge is 0.321 e. The summed E-state index contributed by atoms with van der Waals surface area (Å²) in [6.45, 7) is 11.9. The van der Waals surface area contributed by atoms with Gasteiger partial charge in [-0.1, -0.05) is 0 Å². The van der Waals surface area contributed by atoms with Gasteiger partial charge in [-0.25, -0.2) is 4.79 Å². The predicted octanol–water partition coefficient (Wildman–Crippen LogP) is 2.37. The van der Waals surface area contributed by atoms with E-state index in [1.165, 1.54) is 11.4 Å². The minimum atomic E-state index is -0.430. The molecule has 0 radical (unpaired) electrons. The van der Waals surface area contributed by atoms with Crippen molar-refractivity contribution in [2.24, 2.45) is 0 Å². The molecule has 0 atom stereocenters. The Morgan fingerprint density at radius 1 is 1.12 bits per heavy atom. The molecule has 0 unspecified atom stereocenters. The van der Waals surface area contributed by atoms with Crippen LogP contribution in [-0.4, -0.2) is 46.6 Å². The van der Waals surface area contributed by atoms with Crippen LogP contribution in [0.5, 0.6) is 0 Å². The van der Waals surface area contributed by atoms with Gasteiger partial charge < -0.3 is 9.88 Å². The molecular weight excluding hydrogens is 304 g/mol. The average Bonchev–Trinajstić information content (AvgIpc) is 2.77. The molecule has 0 saturated carbocycles. The van der Waals surface area contributed by atoms with E-state index in [2.05, 4.69) is 46.1 Å². The van der Waals surface area contributed by atoms with Crippen molar-refractivity contribution in [2.45, 2.75) is 59.0 Å². The van der Waals surface area contributed by atoms with Gasteiger partial charge in [-0.2, -0.15) is 0 Å². The molecule has 1 saturated heterocycles. The minimum Gasteiger partial charge on any atom is -0.346 e. The number of hydrogen-bond acceptors (Lipinski definition) is 3. The summed E-state index contributed by atoms with van der Waals surface area (Å²) in [7, 11) is 0. The molecule has 2 N–H and O–H groups in total. The van der Waals surface area contributed by atoms with Crippen molar-refractivity contribution < 1.29 is 9.59 Å². The molecule has 6 nitrogen and oxygen atoms in total. The van der Waals surface area contributed by atoms with E-state index in [0.29, 0.717) is 6.04 Å². The summed E-state index contributed by atoms with van der Waals surface area (Å²) in [6, 6.07) is 4.39. The minimum absolute atomic E-state index is 0.247. The summed E-state index contributed by atoms with van der Waals surface area (Å²) in [5.74, 6) is -0.247. The number of piperidine rings is 1. The molecule has 0 bridgehead atoms. The molecule has 2 rings (SSSR count). The fourth-order valence-corrected chi connectivity index (χ4v) is 3.33. The monoisotopic (exact) mass is 334 g/mol. The summed E-state index contributed by atoms with van der Waals surface area (Å²) in [6.07, 6.45) is 2.05. The molecule has 24 heavy (non-hydrogen) atoms. The fourth-order valence-electron chi connectivity index (χ4n) is 3.33. The van der Waals surface area contributed by atoms with Crippen molar-refractivity contribution in [3.63, 3.8) is 0 Å². The highest BCUT2D eigenvalue weighted by atomic mass is 16.2. The number of carbonyl (C=O) groups excluding carboxylic acids is 2. The molecule has 1 aromatic rings. The predicted molar refractivity (Wildman–Crippen MR) is 95.0 cm³/mol. The number of nitrogens with zero attached hydrogens (tertiary/aromatic N) is 2. The Morgan fingerprint density at radius 3 is 2.17 bits per heavy atom. The second-order valence-electron chi connectivity index (χ2n) is 7.75. The Morgan fingerprint density at radius 2 is 1.67 bits per heavy atom. The second kappa shape index (κ2) is 7.38. The van der Waals surface area contributed by atoms with Crippen LogP contribution in [0.3, 0.4) is 0 Å². The number of hydrogen-bond donors (Lipinski definition) is 2. The summed E-state index contributed by atoms with van der Waals surface area (Å²) < 4.78 is 2.40. The van der Waals surface area contributed by atoms with Gasteiger partial charge >= 0.3 is 6.03 Å². The highest BCUT2D eigenvalue weighted by Crippen LogP contribution is 2.26. The van der Waals surface area contributed by atoms with Gasteiger partial charge in [0.1, 0.15) is 0 Å². The second-order valence-corrected chi connectivity index (χ2v) is 7.75. The van der Waals surface area contributed by atoms with Gasteiger partial charge in [0.2, 0.25) is 5.91 Å². The van der Waals surface area contributed by atoms with Crippen LogP contribution in [-0.2, 0) is 4.79 Å². The number of likely N-dealkylation sites (tertiary alicyclic amines) is 1. The third-order valence-corrected chi connectivity index (χ3v) is 4.36. The molecule has 1 aromatic heterocycles. The highest BCUT2D eigenvalue weighted by molar-refractivity contribution is 5.95. The molecule has 1 aliphatic heterocycles. The molecule has 1 fully saturated rings. The quantitative estimate of drug-likeness (QED) is 0.892. The van der Waals surface area contributed by atoms with E-state index < -0.39 is 6.03 Å². The number of rotatable bonds is 3. The first-order valence-corrected chi connectivity index (χ1v) is 8.64. The van der Waals surface area contributed by atoms with Crippen molar-refractivity contribution in [2.75, 3.05) is 19.6 Å². The Kier molecular flexibility index (Phi) is 5.70. The molecule has 0 aromatic carbocycles. The first-order valence-electron chi connectivity index (χ1n) is 8.64. The van der Waals surface area contributed by atoms with Crippen molar-refractivity contribution >= 4 is 11.9 Å². The maximum absolute atomic E-state index is 12.0. The van der Waals surface area contributed by atoms with Gasteiger partial charge in [-0.05, 0) is 59.6 Å². The zero-order chi connectivity index (χ0) is 17.9. The van der Waals surface area contributed by atoms with Gasteiger partial charge in [-0.15, -0.1) is 0 Å². The maximum atomic E-state index is 12.0. The van der Waals surface area contributed by atoms with E-state index in [1.54, 1.807) is 0 Å². The lowest BCUT2D eigenvalue weighted by Gasteiger charge is -2.33. The lowest BCUT2D eigenvalue weighted by Crippen LogP contribution is -2.51. The van der Waals surface area contributed by atoms with Crippen LogP contribution >= 0.6 is 0 Å². The topological polar surface area (TPSA) is 66.4 Å². The van der Waals surface area contributed by atoms with E-state index in [0.717, 1.165) is 25.9 Å². The van der Waals surface area contributed by atoms with Gasteiger partial charge in [0.05, 0.1) is 6.54 Å². The first-order chi connectivity index (χ1) is 11.2. The van der Waals surface area contributed by atoms with E-state index >= 15 is 0 Å². The number of aryl methyl sites for hydroxylation is 2. The number of carbonyl (C=O) groups is 2. The molecule has 0 spiro atoms. The number of imide groups is 1. The normalized spacial score (nSPS) is 16.9.